The molecule has 0 aromatic heterocycles. The Morgan fingerprint density at radius 2 is 2.09 bits per heavy atom. The lowest BCUT2D eigenvalue weighted by Gasteiger charge is -2.22. The van der Waals surface area contributed by atoms with Crippen molar-refractivity contribution in [3.05, 3.63) is 23.1 Å². The normalized spacial score (nSPS) is 17.1. The first-order chi connectivity index (χ1) is 11.1. The monoisotopic (exact) mass is 340 g/mol. The van der Waals surface area contributed by atoms with Crippen molar-refractivity contribution in [1.82, 2.24) is 10.2 Å². The van der Waals surface area contributed by atoms with Gasteiger partial charge in [0, 0.05) is 19.3 Å². The Morgan fingerprint density at radius 1 is 1.39 bits per heavy atom. The van der Waals surface area contributed by atoms with E-state index < -0.39 is 0 Å². The van der Waals surface area contributed by atoms with Gasteiger partial charge in [-0.2, -0.15) is 0 Å². The maximum absolute atomic E-state index is 11.9. The number of aldehydes is 1. The number of hydrogen-bond acceptors (Lipinski definition) is 4. The molecular weight excluding hydrogens is 312 g/mol. The topological polar surface area (TPSA) is 66.5 Å². The number of carbonyl (C=O) groups is 3. The molecular formula is C17H28N2O3S. The average Bonchev–Trinajstić information content (AvgIpc) is 2.93. The van der Waals surface area contributed by atoms with Gasteiger partial charge in [0.25, 0.3) is 0 Å². The summed E-state index contributed by atoms with van der Waals surface area (Å²) in [6.07, 6.45) is 8.93. The van der Waals surface area contributed by atoms with Gasteiger partial charge in [0.2, 0.25) is 12.3 Å². The average molecular weight is 340 g/mol. The van der Waals surface area contributed by atoms with E-state index in [1.165, 1.54) is 0 Å². The standard InChI is InChI=1S/C15H23NO2S.C2H5NO/c1-3-5-6-8-19-12-13-9-15(18)16(10-13)14(11-17)7-4-2;1-3-2-4/h3,5,11-12,14H,4,6-10H2,1-2H3;2H,1H3,(H,3,4)/b5-3+,13-12-;. The molecule has 0 saturated carbocycles. The molecule has 1 atom stereocenters. The lowest BCUT2D eigenvalue weighted by Crippen LogP contribution is -2.37. The Kier molecular flexibility index (Phi) is 13.1. The molecule has 1 rings (SSSR count). The minimum Gasteiger partial charge on any atom is -0.362 e. The summed E-state index contributed by atoms with van der Waals surface area (Å²) in [6, 6.07) is -0.239. The highest BCUT2D eigenvalue weighted by Gasteiger charge is 2.29. The molecule has 0 aromatic carbocycles. The Labute approximate surface area is 143 Å². The van der Waals surface area contributed by atoms with Crippen LogP contribution in [-0.4, -0.2) is 48.9 Å². The first-order valence-corrected chi connectivity index (χ1v) is 8.95. The molecule has 0 aromatic rings. The lowest BCUT2D eigenvalue weighted by molar-refractivity contribution is -0.132. The van der Waals surface area contributed by atoms with Crippen LogP contribution in [0, 0.1) is 0 Å². The predicted octanol–water partition coefficient (Wildman–Crippen LogP) is 2.53. The van der Waals surface area contributed by atoms with E-state index in [1.807, 2.05) is 19.9 Å². The molecule has 0 bridgehead atoms. The number of nitrogens with zero attached hydrogens (tertiary/aromatic N) is 1. The van der Waals surface area contributed by atoms with Crippen molar-refractivity contribution in [2.45, 2.75) is 45.6 Å². The molecule has 1 fully saturated rings. The van der Waals surface area contributed by atoms with Crippen molar-refractivity contribution in [3.8, 4) is 0 Å². The Bertz CT molecular complexity index is 422. The van der Waals surface area contributed by atoms with Crippen LogP contribution in [0.15, 0.2) is 23.1 Å². The van der Waals surface area contributed by atoms with Gasteiger partial charge in [-0.3, -0.25) is 9.59 Å². The van der Waals surface area contributed by atoms with E-state index in [0.29, 0.717) is 19.4 Å². The number of likely N-dealkylation sites (tertiary alicyclic amines) is 1. The van der Waals surface area contributed by atoms with E-state index in [0.717, 1.165) is 36.9 Å². The molecule has 6 heteroatoms. The number of carbonyl (C=O) groups excluding carboxylic acids is 3. The van der Waals surface area contributed by atoms with Crippen molar-refractivity contribution in [3.63, 3.8) is 0 Å². The Hall–Kier alpha value is -1.56. The first-order valence-electron chi connectivity index (χ1n) is 7.90. The highest BCUT2D eigenvalue weighted by molar-refractivity contribution is 8.02. The molecule has 2 amide bonds. The summed E-state index contributed by atoms with van der Waals surface area (Å²) < 4.78 is 0. The Balaban J connectivity index is 0.00000108. The van der Waals surface area contributed by atoms with E-state index in [4.69, 9.17) is 4.79 Å². The van der Waals surface area contributed by atoms with E-state index in [1.54, 1.807) is 23.7 Å². The third kappa shape index (κ3) is 9.23. The number of thioether (sulfide) groups is 1. The quantitative estimate of drug-likeness (QED) is 0.398. The van der Waals surface area contributed by atoms with Gasteiger partial charge in [-0.05, 0) is 30.7 Å². The fraction of sp³-hybridized carbons (Fsp3) is 0.588. The maximum atomic E-state index is 11.9. The van der Waals surface area contributed by atoms with Gasteiger partial charge in [0.05, 0.1) is 12.5 Å². The molecule has 1 aliphatic rings. The molecule has 1 unspecified atom stereocenters. The summed E-state index contributed by atoms with van der Waals surface area (Å²) >= 11 is 1.75. The molecule has 1 heterocycles. The van der Waals surface area contributed by atoms with E-state index in [-0.39, 0.29) is 11.9 Å². The molecule has 23 heavy (non-hydrogen) atoms. The van der Waals surface area contributed by atoms with E-state index >= 15 is 0 Å². The second-order valence-corrected chi connectivity index (χ2v) is 6.08. The summed E-state index contributed by atoms with van der Waals surface area (Å²) in [5.41, 5.74) is 1.14. The number of rotatable bonds is 9. The number of nitrogens with one attached hydrogen (secondary N) is 1. The molecule has 1 N–H and O–H groups in total. The molecule has 5 nitrogen and oxygen atoms in total. The molecule has 0 spiro atoms. The molecule has 0 radical (unpaired) electrons. The minimum atomic E-state index is -0.239. The summed E-state index contributed by atoms with van der Waals surface area (Å²) in [7, 11) is 1.56. The van der Waals surface area contributed by atoms with Crippen LogP contribution < -0.4 is 5.32 Å². The molecule has 130 valence electrons. The zero-order valence-corrected chi connectivity index (χ0v) is 15.1. The van der Waals surface area contributed by atoms with E-state index in [2.05, 4.69) is 16.8 Å². The zero-order chi connectivity index (χ0) is 17.5. The number of amides is 2. The van der Waals surface area contributed by atoms with Gasteiger partial charge in [-0.25, -0.2) is 0 Å². The van der Waals surface area contributed by atoms with Gasteiger partial charge < -0.3 is 15.0 Å². The van der Waals surface area contributed by atoms with Crippen LogP contribution in [0.4, 0.5) is 0 Å². The second kappa shape index (κ2) is 14.1. The first kappa shape index (κ1) is 21.4. The second-order valence-electron chi connectivity index (χ2n) is 5.10. The molecule has 1 aliphatic heterocycles. The van der Waals surface area contributed by atoms with Crippen LogP contribution in [0.5, 0.6) is 0 Å². The van der Waals surface area contributed by atoms with Crippen molar-refractivity contribution < 1.29 is 14.4 Å². The minimum absolute atomic E-state index is 0.0888. The smallest absolute Gasteiger partial charge is 0.227 e. The van der Waals surface area contributed by atoms with Crippen molar-refractivity contribution in [2.75, 3.05) is 19.3 Å². The molecule has 1 saturated heterocycles. The van der Waals surface area contributed by atoms with Gasteiger partial charge >= 0.3 is 0 Å². The fourth-order valence-electron chi connectivity index (χ4n) is 2.11. The fourth-order valence-corrected chi connectivity index (χ4v) is 2.90. The van der Waals surface area contributed by atoms with Crippen molar-refractivity contribution in [1.29, 1.82) is 0 Å². The van der Waals surface area contributed by atoms with Crippen LogP contribution in [-0.2, 0) is 14.4 Å². The van der Waals surface area contributed by atoms with Crippen LogP contribution in [0.3, 0.4) is 0 Å². The predicted molar refractivity (Wildman–Crippen MR) is 96.2 cm³/mol. The van der Waals surface area contributed by atoms with E-state index in [9.17, 15) is 9.59 Å². The van der Waals surface area contributed by atoms with Gasteiger partial charge in [0.1, 0.15) is 6.29 Å². The largest absolute Gasteiger partial charge is 0.362 e. The van der Waals surface area contributed by atoms with Gasteiger partial charge in [0.15, 0.2) is 0 Å². The number of allylic oxidation sites excluding steroid dienone is 2. The molecule has 0 aliphatic carbocycles. The van der Waals surface area contributed by atoms with Crippen LogP contribution in [0.2, 0.25) is 0 Å². The van der Waals surface area contributed by atoms with Crippen molar-refractivity contribution >= 4 is 30.4 Å². The third-order valence-electron chi connectivity index (χ3n) is 3.22. The lowest BCUT2D eigenvalue weighted by atomic mass is 10.1. The number of hydrogen-bond donors (Lipinski definition) is 1. The summed E-state index contributed by atoms with van der Waals surface area (Å²) in [5.74, 6) is 1.12. The third-order valence-corrected chi connectivity index (χ3v) is 4.19. The highest BCUT2D eigenvalue weighted by Crippen LogP contribution is 2.23. The SMILES string of the molecule is C/C=C/CCS/C=C1/CC(=O)N(C(C=O)CCC)C1.CNC=O. The Morgan fingerprint density at radius 3 is 2.61 bits per heavy atom. The van der Waals surface area contributed by atoms with Gasteiger partial charge in [-0.1, -0.05) is 25.5 Å². The van der Waals surface area contributed by atoms with Crippen molar-refractivity contribution in [2.24, 2.45) is 0 Å². The maximum Gasteiger partial charge on any atom is 0.227 e. The summed E-state index contributed by atoms with van der Waals surface area (Å²) in [4.78, 5) is 33.7. The van der Waals surface area contributed by atoms with Gasteiger partial charge in [-0.15, -0.1) is 11.8 Å². The summed E-state index contributed by atoms with van der Waals surface area (Å²) in [5, 5.41) is 4.34. The zero-order valence-electron chi connectivity index (χ0n) is 14.3. The highest BCUT2D eigenvalue weighted by atomic mass is 32.2. The summed E-state index contributed by atoms with van der Waals surface area (Å²) in [6.45, 7) is 4.67. The van der Waals surface area contributed by atoms with Crippen LogP contribution >= 0.6 is 11.8 Å². The van der Waals surface area contributed by atoms with Crippen LogP contribution in [0.25, 0.3) is 0 Å². The van der Waals surface area contributed by atoms with Crippen LogP contribution in [0.1, 0.15) is 39.5 Å².